The van der Waals surface area contributed by atoms with Gasteiger partial charge in [0.05, 0.1) is 34.4 Å². The Morgan fingerprint density at radius 3 is 0.740 bits per heavy atom. The van der Waals surface area contributed by atoms with Gasteiger partial charge in [-0.05, 0) is 38.5 Å². The largest absolute Gasteiger partial charge is 0.477 e. The molecule has 0 saturated heterocycles. The van der Waals surface area contributed by atoms with E-state index in [1.54, 1.807) is 0 Å². The Hall–Kier alpha value is -1.97. The molecule has 0 aromatic heterocycles. The number of hydrogen-bond donors (Lipinski definition) is 1. The molecule has 0 aliphatic heterocycles. The van der Waals surface area contributed by atoms with Gasteiger partial charge in [0.15, 0.2) is 6.10 Å². The molecule has 0 rings (SSSR count). The molecule has 0 aromatic rings. The molecule has 0 radical (unpaired) electrons. The second-order valence-corrected chi connectivity index (χ2v) is 32.6. The van der Waals surface area contributed by atoms with Gasteiger partial charge in [-0.25, -0.2) is 4.79 Å². The van der Waals surface area contributed by atoms with Gasteiger partial charge in [0.2, 0.25) is 0 Å². The number of rotatable bonds is 87. The molecule has 0 aliphatic rings. The van der Waals surface area contributed by atoms with Crippen molar-refractivity contribution in [3.05, 3.63) is 12.2 Å². The fourth-order valence-corrected chi connectivity index (χ4v) is 14.4. The Kier molecular flexibility index (Phi) is 81.1. The maximum absolute atomic E-state index is 13.0. The number of hydrogen-bond acceptors (Lipinski definition) is 7. The van der Waals surface area contributed by atoms with Gasteiger partial charge in [0, 0.05) is 12.8 Å². The minimum absolute atomic E-state index is 0.172. The van der Waals surface area contributed by atoms with Crippen LogP contribution in [0.25, 0.3) is 0 Å². The monoisotopic (exact) mass is 1410 g/mol. The van der Waals surface area contributed by atoms with Crippen LogP contribution in [0.15, 0.2) is 12.2 Å². The van der Waals surface area contributed by atoms with E-state index in [9.17, 15) is 19.5 Å². The molecular weight excluding hydrogens is 1230 g/mol. The summed E-state index contributed by atoms with van der Waals surface area (Å²) in [7, 11) is 6.01. The van der Waals surface area contributed by atoms with E-state index in [0.29, 0.717) is 17.4 Å². The average molecular weight is 1410 g/mol. The molecule has 9 nitrogen and oxygen atoms in total. The summed E-state index contributed by atoms with van der Waals surface area (Å²) in [4.78, 5) is 37.8. The highest BCUT2D eigenvalue weighted by molar-refractivity contribution is 5.71. The molecule has 0 bridgehead atoms. The number of carboxylic acid groups (broad SMARTS) is 1. The number of carbonyl (C=O) groups is 3. The molecule has 0 fully saturated rings. The summed E-state index contributed by atoms with van der Waals surface area (Å²) in [5.74, 6) is -1.96. The van der Waals surface area contributed by atoms with Gasteiger partial charge in [0.25, 0.3) is 6.29 Å². The van der Waals surface area contributed by atoms with E-state index < -0.39 is 18.4 Å². The molecule has 0 heterocycles. The van der Waals surface area contributed by atoms with Crippen molar-refractivity contribution in [3.8, 4) is 0 Å². The Morgan fingerprint density at radius 2 is 0.510 bits per heavy atom. The third-order valence-electron chi connectivity index (χ3n) is 21.3. The van der Waals surface area contributed by atoms with Crippen molar-refractivity contribution in [2.75, 3.05) is 47.5 Å². The topological polar surface area (TPSA) is 108 Å². The van der Waals surface area contributed by atoms with Crippen molar-refractivity contribution in [2.45, 2.75) is 508 Å². The third kappa shape index (κ3) is 83.3. The predicted octanol–water partition coefficient (Wildman–Crippen LogP) is 29.4. The summed E-state index contributed by atoms with van der Waals surface area (Å²) in [5.41, 5.74) is 0. The van der Waals surface area contributed by atoms with Crippen molar-refractivity contribution in [3.63, 3.8) is 0 Å². The van der Waals surface area contributed by atoms with E-state index in [2.05, 4.69) is 26.0 Å². The Labute approximate surface area is 625 Å². The number of ether oxygens (including phenoxy) is 4. The quantitative estimate of drug-likeness (QED) is 0.0211. The molecule has 0 saturated carbocycles. The highest BCUT2D eigenvalue weighted by atomic mass is 16.7. The van der Waals surface area contributed by atoms with Gasteiger partial charge < -0.3 is 28.5 Å². The van der Waals surface area contributed by atoms with Crippen LogP contribution >= 0.6 is 0 Å². The van der Waals surface area contributed by atoms with Crippen molar-refractivity contribution >= 4 is 17.9 Å². The lowest BCUT2D eigenvalue weighted by molar-refractivity contribution is -0.870. The Bertz CT molecular complexity index is 1650. The summed E-state index contributed by atoms with van der Waals surface area (Å²) in [6.45, 7) is 4.99. The van der Waals surface area contributed by atoms with Crippen molar-refractivity contribution in [1.82, 2.24) is 0 Å². The molecule has 100 heavy (non-hydrogen) atoms. The summed E-state index contributed by atoms with van der Waals surface area (Å²) < 4.78 is 23.1. The van der Waals surface area contributed by atoms with Gasteiger partial charge >= 0.3 is 17.9 Å². The summed E-state index contributed by atoms with van der Waals surface area (Å²) in [5, 5.41) is 9.79. The first-order chi connectivity index (χ1) is 49.1. The number of carboxylic acids is 1. The molecule has 0 aromatic carbocycles. The van der Waals surface area contributed by atoms with Crippen LogP contribution in [-0.4, -0.2) is 87.4 Å². The molecule has 2 unspecified atom stereocenters. The van der Waals surface area contributed by atoms with Crippen LogP contribution < -0.4 is 0 Å². The number of aliphatic carboxylic acids is 1. The van der Waals surface area contributed by atoms with Crippen LogP contribution in [0.2, 0.25) is 0 Å². The second kappa shape index (κ2) is 82.7. The first kappa shape index (κ1) is 98.0. The van der Waals surface area contributed by atoms with Crippen LogP contribution in [0, 0.1) is 0 Å². The van der Waals surface area contributed by atoms with Crippen molar-refractivity contribution in [2.24, 2.45) is 0 Å². The van der Waals surface area contributed by atoms with E-state index in [4.69, 9.17) is 18.9 Å². The zero-order valence-corrected chi connectivity index (χ0v) is 68.4. The van der Waals surface area contributed by atoms with Gasteiger partial charge in [-0.2, -0.15) is 0 Å². The molecule has 0 amide bonds. The fourth-order valence-electron chi connectivity index (χ4n) is 14.4. The maximum Gasteiger partial charge on any atom is 0.361 e. The van der Waals surface area contributed by atoms with Crippen molar-refractivity contribution in [1.29, 1.82) is 0 Å². The highest BCUT2D eigenvalue weighted by Gasteiger charge is 2.25. The average Bonchev–Trinajstić information content (AvgIpc) is 1.08. The van der Waals surface area contributed by atoms with Crippen LogP contribution in [0.3, 0.4) is 0 Å². The van der Waals surface area contributed by atoms with E-state index in [0.717, 1.165) is 38.5 Å². The molecule has 1 N–H and O–H groups in total. The van der Waals surface area contributed by atoms with Gasteiger partial charge in [-0.15, -0.1) is 0 Å². The first-order valence-corrected chi connectivity index (χ1v) is 45.4. The minimum atomic E-state index is -1.51. The lowest BCUT2D eigenvalue weighted by Gasteiger charge is -2.25. The number of allylic oxidation sites excluding steroid dienone is 2. The summed E-state index contributed by atoms with van der Waals surface area (Å²) in [6, 6.07) is 0. The second-order valence-electron chi connectivity index (χ2n) is 32.6. The smallest absolute Gasteiger partial charge is 0.361 e. The first-order valence-electron chi connectivity index (χ1n) is 45.4. The molecule has 2 atom stereocenters. The standard InChI is InChI=1S/C91H177NO8/c1-6-8-10-12-14-16-18-20-22-24-26-28-30-32-34-36-38-40-42-44-45-46-48-50-52-54-56-58-60-62-64-66-68-70-72-74-76-78-80-82-89(94)100-87(86-99-91(90(95)96)97-84-83-92(3,4)5)85-98-88(93)81-79-77-75-73-71-69-67-65-63-61-59-57-55-53-51-49-47-43-41-39-37-35-33-31-29-27-25-23-21-19-17-15-13-11-9-7-2/h24,26,87,91H,6-23,25,27-86H2,1-5H3/p+1/b26-24-. The lowest BCUT2D eigenvalue weighted by atomic mass is 10.0. The number of likely N-dealkylation sites (N-methyl/N-ethyl adjacent to an activating group) is 1. The molecule has 9 heteroatoms. The zero-order chi connectivity index (χ0) is 72.5. The Morgan fingerprint density at radius 1 is 0.290 bits per heavy atom. The number of quaternary nitrogens is 1. The van der Waals surface area contributed by atoms with Gasteiger partial charge in [0.1, 0.15) is 13.2 Å². The molecule has 594 valence electrons. The number of esters is 2. The number of carbonyl (C=O) groups excluding carboxylic acids is 2. The SMILES string of the molecule is CCCCCCCCCC/C=C\CCCCCCCCCCCCCCCCCCCCCCCCCCCCCC(=O)OC(COC(=O)CCCCCCCCCCCCCCCCCCCCCCCCCCCCCCCCCCCCCC)COC(OCC[N+](C)(C)C)C(=O)O. The summed E-state index contributed by atoms with van der Waals surface area (Å²) >= 11 is 0. The van der Waals surface area contributed by atoms with E-state index in [1.165, 1.54) is 430 Å². The highest BCUT2D eigenvalue weighted by Crippen LogP contribution is 2.22. The van der Waals surface area contributed by atoms with Crippen LogP contribution in [-0.2, 0) is 33.3 Å². The molecule has 0 aliphatic carbocycles. The molecular formula is C91H178NO8+. The van der Waals surface area contributed by atoms with E-state index >= 15 is 0 Å². The zero-order valence-electron chi connectivity index (χ0n) is 68.4. The number of nitrogens with zero attached hydrogens (tertiary/aromatic N) is 1. The van der Waals surface area contributed by atoms with Crippen LogP contribution in [0.4, 0.5) is 0 Å². The van der Waals surface area contributed by atoms with Crippen LogP contribution in [0.5, 0.6) is 0 Å². The Balaban J connectivity index is 3.87. The third-order valence-corrected chi connectivity index (χ3v) is 21.3. The minimum Gasteiger partial charge on any atom is -0.477 e. The van der Waals surface area contributed by atoms with E-state index in [1.807, 2.05) is 21.1 Å². The fraction of sp³-hybridized carbons (Fsp3) is 0.945. The normalized spacial score (nSPS) is 12.5. The number of unbranched alkanes of at least 4 members (excludes halogenated alkanes) is 70. The predicted molar refractivity (Wildman–Crippen MR) is 434 cm³/mol. The van der Waals surface area contributed by atoms with Crippen LogP contribution in [0.1, 0.15) is 495 Å². The van der Waals surface area contributed by atoms with E-state index in [-0.39, 0.29) is 38.2 Å². The van der Waals surface area contributed by atoms with Crippen molar-refractivity contribution < 1.29 is 42.9 Å². The van der Waals surface area contributed by atoms with Gasteiger partial charge in [-0.3, -0.25) is 9.59 Å². The van der Waals surface area contributed by atoms with Gasteiger partial charge in [-0.1, -0.05) is 456 Å². The lowest BCUT2D eigenvalue weighted by Crippen LogP contribution is -2.40. The maximum atomic E-state index is 13.0. The summed E-state index contributed by atoms with van der Waals surface area (Å²) in [6.07, 6.45) is 103. The molecule has 0 spiro atoms.